The molecule has 2 aromatic heterocycles. The van der Waals surface area contributed by atoms with Crippen molar-refractivity contribution in [3.8, 4) is 11.9 Å². The third-order valence-corrected chi connectivity index (χ3v) is 3.50. The zero-order chi connectivity index (χ0) is 15.0. The second kappa shape index (κ2) is 4.87. The number of aromatic nitrogens is 2. The van der Waals surface area contributed by atoms with Gasteiger partial charge in [-0.1, -0.05) is 5.57 Å². The fourth-order valence-corrected chi connectivity index (χ4v) is 2.54. The summed E-state index contributed by atoms with van der Waals surface area (Å²) in [6.45, 7) is 3.82. The Labute approximate surface area is 121 Å². The third-order valence-electron chi connectivity index (χ3n) is 3.50. The summed E-state index contributed by atoms with van der Waals surface area (Å²) in [4.78, 5) is 0. The Morgan fingerprint density at radius 3 is 3.05 bits per heavy atom. The van der Waals surface area contributed by atoms with Gasteiger partial charge in [0.25, 0.3) is 0 Å². The first kappa shape index (κ1) is 13.1. The zero-order valence-electron chi connectivity index (χ0n) is 11.7. The molecule has 0 saturated carbocycles. The highest BCUT2D eigenvalue weighted by atomic mass is 16.5. The summed E-state index contributed by atoms with van der Waals surface area (Å²) in [6, 6.07) is 5.80. The first-order valence-electron chi connectivity index (χ1n) is 6.46. The topological polar surface area (TPSA) is 101 Å². The number of nitrogens with two attached hydrogens (primary N) is 1. The molecule has 1 atom stereocenters. The van der Waals surface area contributed by atoms with Gasteiger partial charge in [-0.15, -0.1) is 5.10 Å². The van der Waals surface area contributed by atoms with E-state index in [-0.39, 0.29) is 11.8 Å². The molecule has 0 spiro atoms. The Bertz CT molecular complexity index is 775. The van der Waals surface area contributed by atoms with Crippen molar-refractivity contribution in [3.05, 3.63) is 52.4 Å². The standard InChI is InChI=1S/C15H14N4O2/c1-8(6-10-4-3-5-20-10)12-11(7-16)14(17)21-15-13(12)9(2)18-19-15/h3-6,12H,17H2,1-2H3,(H,18,19)/b8-6+/t12-/m0/s1. The van der Waals surface area contributed by atoms with Crippen molar-refractivity contribution < 1.29 is 9.15 Å². The van der Waals surface area contributed by atoms with Crippen LogP contribution < -0.4 is 10.5 Å². The number of aryl methyl sites for hydroxylation is 1. The van der Waals surface area contributed by atoms with Crippen LogP contribution in [0.3, 0.4) is 0 Å². The van der Waals surface area contributed by atoms with Crippen LogP contribution in [0.25, 0.3) is 6.08 Å². The summed E-state index contributed by atoms with van der Waals surface area (Å²) < 4.78 is 10.7. The molecule has 0 radical (unpaired) electrons. The molecule has 0 unspecified atom stereocenters. The van der Waals surface area contributed by atoms with E-state index < -0.39 is 0 Å². The van der Waals surface area contributed by atoms with Gasteiger partial charge >= 0.3 is 0 Å². The highest BCUT2D eigenvalue weighted by Crippen LogP contribution is 2.42. The third kappa shape index (κ3) is 2.09. The molecule has 0 aliphatic carbocycles. The lowest BCUT2D eigenvalue weighted by Crippen LogP contribution is -2.20. The van der Waals surface area contributed by atoms with Crippen LogP contribution in [0.15, 0.2) is 39.8 Å². The van der Waals surface area contributed by atoms with Gasteiger partial charge in [0, 0.05) is 11.3 Å². The molecule has 0 aromatic carbocycles. The first-order chi connectivity index (χ1) is 10.1. The number of furan rings is 1. The number of hydrogen-bond donors (Lipinski definition) is 2. The monoisotopic (exact) mass is 282 g/mol. The average molecular weight is 282 g/mol. The van der Waals surface area contributed by atoms with E-state index in [1.807, 2.05) is 32.1 Å². The number of nitrogens with zero attached hydrogens (tertiary/aromatic N) is 2. The molecule has 6 nitrogen and oxygen atoms in total. The number of H-pyrrole nitrogens is 1. The summed E-state index contributed by atoms with van der Waals surface area (Å²) >= 11 is 0. The molecular weight excluding hydrogens is 268 g/mol. The second-order valence-electron chi connectivity index (χ2n) is 4.90. The molecule has 3 rings (SSSR count). The van der Waals surface area contributed by atoms with Crippen molar-refractivity contribution in [1.29, 1.82) is 5.26 Å². The van der Waals surface area contributed by atoms with Gasteiger partial charge in [0.05, 0.1) is 12.2 Å². The van der Waals surface area contributed by atoms with Gasteiger partial charge < -0.3 is 14.9 Å². The van der Waals surface area contributed by atoms with Crippen molar-refractivity contribution in [2.75, 3.05) is 0 Å². The average Bonchev–Trinajstić information content (AvgIpc) is 3.08. The Balaban J connectivity index is 2.14. The Hall–Kier alpha value is -2.94. The van der Waals surface area contributed by atoms with E-state index in [9.17, 15) is 5.26 Å². The molecule has 6 heteroatoms. The van der Waals surface area contributed by atoms with Gasteiger partial charge in [0.15, 0.2) is 0 Å². The smallest absolute Gasteiger partial charge is 0.244 e. The van der Waals surface area contributed by atoms with Crippen molar-refractivity contribution >= 4 is 6.08 Å². The number of allylic oxidation sites excluding steroid dienone is 2. The van der Waals surface area contributed by atoms with Crippen LogP contribution in [0.2, 0.25) is 0 Å². The summed E-state index contributed by atoms with van der Waals surface area (Å²) in [5.41, 5.74) is 8.84. The highest BCUT2D eigenvalue weighted by Gasteiger charge is 2.34. The van der Waals surface area contributed by atoms with Crippen LogP contribution in [0.4, 0.5) is 0 Å². The summed E-state index contributed by atoms with van der Waals surface area (Å²) in [5.74, 6) is 0.940. The molecule has 0 saturated heterocycles. The van der Waals surface area contributed by atoms with Crippen molar-refractivity contribution in [2.24, 2.45) is 5.73 Å². The zero-order valence-corrected chi connectivity index (χ0v) is 11.7. The van der Waals surface area contributed by atoms with Gasteiger partial charge in [0.1, 0.15) is 17.4 Å². The largest absolute Gasteiger partial charge is 0.465 e. The number of aromatic amines is 1. The highest BCUT2D eigenvalue weighted by molar-refractivity contribution is 5.59. The van der Waals surface area contributed by atoms with Crippen LogP contribution in [-0.2, 0) is 0 Å². The molecular formula is C15H14N4O2. The van der Waals surface area contributed by atoms with E-state index in [0.29, 0.717) is 11.5 Å². The Kier molecular flexibility index (Phi) is 3.03. The van der Waals surface area contributed by atoms with E-state index >= 15 is 0 Å². The summed E-state index contributed by atoms with van der Waals surface area (Å²) in [6.07, 6.45) is 3.49. The number of nitriles is 1. The van der Waals surface area contributed by atoms with Gasteiger partial charge in [-0.2, -0.15) is 5.26 Å². The molecule has 1 aliphatic heterocycles. The van der Waals surface area contributed by atoms with Gasteiger partial charge in [0.2, 0.25) is 11.8 Å². The van der Waals surface area contributed by atoms with Gasteiger partial charge in [-0.05, 0) is 32.1 Å². The Morgan fingerprint density at radius 1 is 1.57 bits per heavy atom. The fourth-order valence-electron chi connectivity index (χ4n) is 2.54. The van der Waals surface area contributed by atoms with Crippen LogP contribution in [0, 0.1) is 18.3 Å². The van der Waals surface area contributed by atoms with E-state index in [4.69, 9.17) is 14.9 Å². The summed E-state index contributed by atoms with van der Waals surface area (Å²) in [5, 5.41) is 16.4. The minimum atomic E-state index is -0.289. The van der Waals surface area contributed by atoms with Crippen molar-refractivity contribution in [2.45, 2.75) is 19.8 Å². The van der Waals surface area contributed by atoms with E-state index in [2.05, 4.69) is 16.3 Å². The molecule has 21 heavy (non-hydrogen) atoms. The van der Waals surface area contributed by atoms with Crippen molar-refractivity contribution in [1.82, 2.24) is 10.2 Å². The molecule has 2 aromatic rings. The maximum Gasteiger partial charge on any atom is 0.244 e. The predicted octanol–water partition coefficient (Wildman–Crippen LogP) is 2.58. The van der Waals surface area contributed by atoms with Gasteiger partial charge in [-0.25, -0.2) is 0 Å². The van der Waals surface area contributed by atoms with E-state index in [1.54, 1.807) is 6.26 Å². The first-order valence-corrected chi connectivity index (χ1v) is 6.46. The van der Waals surface area contributed by atoms with E-state index in [1.165, 1.54) is 0 Å². The lowest BCUT2D eigenvalue weighted by molar-refractivity contribution is 0.378. The van der Waals surface area contributed by atoms with Gasteiger partial charge in [-0.3, -0.25) is 5.10 Å². The summed E-state index contributed by atoms with van der Waals surface area (Å²) in [7, 11) is 0. The minimum Gasteiger partial charge on any atom is -0.465 e. The molecule has 1 aliphatic rings. The lowest BCUT2D eigenvalue weighted by Gasteiger charge is -2.23. The van der Waals surface area contributed by atoms with Crippen molar-refractivity contribution in [3.63, 3.8) is 0 Å². The fraction of sp³-hybridized carbons (Fsp3) is 0.200. The van der Waals surface area contributed by atoms with Crippen LogP contribution in [-0.4, -0.2) is 10.2 Å². The molecule has 106 valence electrons. The normalized spacial score (nSPS) is 18.1. The second-order valence-corrected chi connectivity index (χ2v) is 4.90. The SMILES string of the molecule is C/C(=C\c1ccco1)[C@H]1C(C#N)=C(N)Oc2n[nH]c(C)c21. The number of hydrogen-bond acceptors (Lipinski definition) is 5. The lowest BCUT2D eigenvalue weighted by atomic mass is 9.84. The minimum absolute atomic E-state index is 0.0914. The maximum absolute atomic E-state index is 9.41. The molecule has 3 heterocycles. The predicted molar refractivity (Wildman–Crippen MR) is 75.9 cm³/mol. The molecule has 0 fully saturated rings. The van der Waals surface area contributed by atoms with Crippen LogP contribution in [0.5, 0.6) is 5.88 Å². The number of ether oxygens (including phenoxy) is 1. The molecule has 0 amide bonds. The quantitative estimate of drug-likeness (QED) is 0.881. The van der Waals surface area contributed by atoms with E-state index in [0.717, 1.165) is 22.6 Å². The number of nitrogens with one attached hydrogen (secondary N) is 1. The Morgan fingerprint density at radius 2 is 2.38 bits per heavy atom. The number of fused-ring (bicyclic) bond motifs is 1. The van der Waals surface area contributed by atoms with Crippen LogP contribution in [0.1, 0.15) is 29.9 Å². The molecule has 0 bridgehead atoms. The number of rotatable bonds is 2. The maximum atomic E-state index is 9.41. The molecule has 3 N–H and O–H groups in total. The van der Waals surface area contributed by atoms with Crippen LogP contribution >= 0.6 is 0 Å².